The first-order chi connectivity index (χ1) is 8.95. The summed E-state index contributed by atoms with van der Waals surface area (Å²) in [6.45, 7) is 0.406. The monoisotopic (exact) mass is 267 g/mol. The Hall–Kier alpha value is -2.24. The highest BCUT2D eigenvalue weighted by molar-refractivity contribution is 5.51. The maximum Gasteiger partial charge on any atom is 0.416 e. The van der Waals surface area contributed by atoms with Crippen molar-refractivity contribution in [1.29, 1.82) is 0 Å². The summed E-state index contributed by atoms with van der Waals surface area (Å²) in [6.07, 6.45) is -1.19. The first kappa shape index (κ1) is 13.2. The molecule has 0 aliphatic rings. The van der Waals surface area contributed by atoms with E-state index in [1.807, 2.05) is 0 Å². The van der Waals surface area contributed by atoms with E-state index in [2.05, 4.69) is 10.3 Å². The quantitative estimate of drug-likeness (QED) is 0.897. The second-order valence-electron chi connectivity index (χ2n) is 4.06. The van der Waals surface area contributed by atoms with Gasteiger partial charge in [0, 0.05) is 12.7 Å². The van der Waals surface area contributed by atoms with Gasteiger partial charge >= 0.3 is 6.18 Å². The molecular weight excluding hydrogens is 255 g/mol. The van der Waals surface area contributed by atoms with E-state index in [-0.39, 0.29) is 0 Å². The van der Waals surface area contributed by atoms with Crippen LogP contribution in [0.1, 0.15) is 11.1 Å². The molecule has 6 heteroatoms. The van der Waals surface area contributed by atoms with Crippen LogP contribution in [-0.2, 0) is 12.7 Å². The third-order valence-electron chi connectivity index (χ3n) is 2.54. The Bertz CT molecular complexity index is 550. The summed E-state index contributed by atoms with van der Waals surface area (Å²) >= 11 is 0. The first-order valence-corrected chi connectivity index (χ1v) is 5.56. The zero-order valence-corrected chi connectivity index (χ0v) is 9.91. The summed E-state index contributed by atoms with van der Waals surface area (Å²) in [6, 6.07) is 6.71. The zero-order chi connectivity index (χ0) is 13.9. The molecule has 2 aromatic rings. The molecule has 0 unspecified atom stereocenters. The molecule has 0 radical (unpaired) electrons. The molecule has 19 heavy (non-hydrogen) atoms. The molecule has 1 aromatic carbocycles. The smallest absolute Gasteiger partial charge is 0.397 e. The highest BCUT2D eigenvalue weighted by Gasteiger charge is 2.29. The van der Waals surface area contributed by atoms with Gasteiger partial charge < -0.3 is 11.1 Å². The molecule has 100 valence electrons. The van der Waals surface area contributed by atoms with Crippen LogP contribution in [0.15, 0.2) is 42.7 Å². The fourth-order valence-corrected chi connectivity index (χ4v) is 1.57. The fourth-order valence-electron chi connectivity index (χ4n) is 1.57. The van der Waals surface area contributed by atoms with E-state index >= 15 is 0 Å². The molecule has 0 saturated heterocycles. The molecule has 1 heterocycles. The Morgan fingerprint density at radius 1 is 1.11 bits per heavy atom. The van der Waals surface area contributed by atoms with Crippen LogP contribution in [0, 0.1) is 0 Å². The van der Waals surface area contributed by atoms with Crippen molar-refractivity contribution >= 4 is 11.4 Å². The first-order valence-electron chi connectivity index (χ1n) is 5.56. The maximum absolute atomic E-state index is 12.4. The highest BCUT2D eigenvalue weighted by atomic mass is 19.4. The molecule has 3 N–H and O–H groups in total. The third-order valence-corrected chi connectivity index (χ3v) is 2.54. The predicted octanol–water partition coefficient (Wildman–Crippen LogP) is 3.29. The van der Waals surface area contributed by atoms with E-state index in [4.69, 9.17) is 5.73 Å². The Balaban J connectivity index is 2.01. The Kier molecular flexibility index (Phi) is 3.59. The molecule has 0 fully saturated rings. The van der Waals surface area contributed by atoms with Crippen molar-refractivity contribution in [2.75, 3.05) is 11.1 Å². The summed E-state index contributed by atoms with van der Waals surface area (Å²) in [5.74, 6) is 0. The largest absolute Gasteiger partial charge is 0.416 e. The number of aromatic nitrogens is 1. The summed E-state index contributed by atoms with van der Waals surface area (Å²) in [7, 11) is 0. The lowest BCUT2D eigenvalue weighted by Gasteiger charge is -2.09. The Morgan fingerprint density at radius 3 is 2.37 bits per heavy atom. The number of hydrogen-bond donors (Lipinski definition) is 2. The van der Waals surface area contributed by atoms with Crippen LogP contribution in [0.3, 0.4) is 0 Å². The van der Waals surface area contributed by atoms with Crippen molar-refractivity contribution in [3.63, 3.8) is 0 Å². The summed E-state index contributed by atoms with van der Waals surface area (Å²) < 4.78 is 37.1. The molecular formula is C13H12F3N3. The SMILES string of the molecule is Nc1cncc(NCc2ccc(C(F)(F)F)cc2)c1. The van der Waals surface area contributed by atoms with Gasteiger partial charge in [0.25, 0.3) is 0 Å². The van der Waals surface area contributed by atoms with Crippen LogP contribution in [0.25, 0.3) is 0 Å². The van der Waals surface area contributed by atoms with E-state index in [9.17, 15) is 13.2 Å². The molecule has 0 saturated carbocycles. The lowest BCUT2D eigenvalue weighted by Crippen LogP contribution is -2.05. The fraction of sp³-hybridized carbons (Fsp3) is 0.154. The highest BCUT2D eigenvalue weighted by Crippen LogP contribution is 2.29. The number of nitrogens with two attached hydrogens (primary N) is 1. The zero-order valence-electron chi connectivity index (χ0n) is 9.91. The van der Waals surface area contributed by atoms with Crippen molar-refractivity contribution < 1.29 is 13.2 Å². The van der Waals surface area contributed by atoms with E-state index < -0.39 is 11.7 Å². The third kappa shape index (κ3) is 3.61. The number of nitrogen functional groups attached to an aromatic ring is 1. The molecule has 1 aromatic heterocycles. The van der Waals surface area contributed by atoms with Gasteiger partial charge in [-0.2, -0.15) is 13.2 Å². The average Bonchev–Trinajstić information content (AvgIpc) is 2.36. The number of nitrogens with zero attached hydrogens (tertiary/aromatic N) is 1. The van der Waals surface area contributed by atoms with Crippen LogP contribution in [0.2, 0.25) is 0 Å². The van der Waals surface area contributed by atoms with Gasteiger partial charge in [-0.05, 0) is 23.8 Å². The molecule has 3 nitrogen and oxygen atoms in total. The number of nitrogens with one attached hydrogen (secondary N) is 1. The second-order valence-corrected chi connectivity index (χ2v) is 4.06. The Morgan fingerprint density at radius 2 is 1.79 bits per heavy atom. The van der Waals surface area contributed by atoms with Gasteiger partial charge in [0.05, 0.1) is 23.1 Å². The molecule has 2 rings (SSSR count). The topological polar surface area (TPSA) is 50.9 Å². The van der Waals surface area contributed by atoms with Gasteiger partial charge in [0.1, 0.15) is 0 Å². The number of halogens is 3. The minimum Gasteiger partial charge on any atom is -0.397 e. The predicted molar refractivity (Wildman–Crippen MR) is 67.4 cm³/mol. The van der Waals surface area contributed by atoms with Crippen molar-refractivity contribution in [3.05, 3.63) is 53.9 Å². The van der Waals surface area contributed by atoms with Crippen molar-refractivity contribution in [3.8, 4) is 0 Å². The van der Waals surface area contributed by atoms with Gasteiger partial charge in [0.15, 0.2) is 0 Å². The molecule has 0 spiro atoms. The van der Waals surface area contributed by atoms with Crippen LogP contribution in [-0.4, -0.2) is 4.98 Å². The van der Waals surface area contributed by atoms with Gasteiger partial charge in [-0.15, -0.1) is 0 Å². The molecule has 0 bridgehead atoms. The van der Waals surface area contributed by atoms with Gasteiger partial charge in [0.2, 0.25) is 0 Å². The lowest BCUT2D eigenvalue weighted by atomic mass is 10.1. The van der Waals surface area contributed by atoms with Crippen LogP contribution in [0.5, 0.6) is 0 Å². The number of benzene rings is 1. The Labute approximate surface area is 108 Å². The van der Waals surface area contributed by atoms with Crippen LogP contribution >= 0.6 is 0 Å². The molecule has 0 amide bonds. The summed E-state index contributed by atoms with van der Waals surface area (Å²) in [5, 5.41) is 3.04. The minimum absolute atomic E-state index is 0.406. The van der Waals surface area contributed by atoms with E-state index in [1.54, 1.807) is 12.3 Å². The minimum atomic E-state index is -4.30. The van der Waals surface area contributed by atoms with Gasteiger partial charge in [-0.3, -0.25) is 4.98 Å². The summed E-state index contributed by atoms with van der Waals surface area (Å²) in [5.41, 5.74) is 6.91. The number of alkyl halides is 3. The lowest BCUT2D eigenvalue weighted by molar-refractivity contribution is -0.137. The van der Waals surface area contributed by atoms with Crippen molar-refractivity contribution in [2.45, 2.75) is 12.7 Å². The van der Waals surface area contributed by atoms with Gasteiger partial charge in [-0.1, -0.05) is 12.1 Å². The molecule has 0 aliphatic heterocycles. The van der Waals surface area contributed by atoms with Crippen LogP contribution in [0.4, 0.5) is 24.5 Å². The number of hydrogen-bond acceptors (Lipinski definition) is 3. The second kappa shape index (κ2) is 5.17. The normalized spacial score (nSPS) is 11.3. The molecule has 0 atom stereocenters. The number of rotatable bonds is 3. The van der Waals surface area contributed by atoms with Crippen LogP contribution < -0.4 is 11.1 Å². The maximum atomic E-state index is 12.4. The van der Waals surface area contributed by atoms with Crippen molar-refractivity contribution in [2.24, 2.45) is 0 Å². The molecule has 0 aliphatic carbocycles. The van der Waals surface area contributed by atoms with E-state index in [0.717, 1.165) is 23.4 Å². The number of pyridine rings is 1. The van der Waals surface area contributed by atoms with E-state index in [0.29, 0.717) is 12.2 Å². The average molecular weight is 267 g/mol. The standard InChI is InChI=1S/C13H12F3N3/c14-13(15,16)10-3-1-9(2-4-10)6-19-12-5-11(17)7-18-8-12/h1-5,7-8,19H,6,17H2. The summed E-state index contributed by atoms with van der Waals surface area (Å²) in [4.78, 5) is 3.91. The van der Waals surface area contributed by atoms with Gasteiger partial charge in [-0.25, -0.2) is 0 Å². The van der Waals surface area contributed by atoms with E-state index in [1.165, 1.54) is 18.3 Å². The van der Waals surface area contributed by atoms with Crippen molar-refractivity contribution in [1.82, 2.24) is 4.98 Å². The number of anilines is 2.